The summed E-state index contributed by atoms with van der Waals surface area (Å²) in [5.74, 6) is -0.537. The van der Waals surface area contributed by atoms with Crippen molar-refractivity contribution in [3.8, 4) is 0 Å². The van der Waals surface area contributed by atoms with Crippen LogP contribution in [0.4, 0.5) is 11.4 Å². The second-order valence-electron chi connectivity index (χ2n) is 6.39. The van der Waals surface area contributed by atoms with Gasteiger partial charge in [0.1, 0.15) is 6.54 Å². The van der Waals surface area contributed by atoms with Crippen molar-refractivity contribution in [3.05, 3.63) is 69.8 Å². The van der Waals surface area contributed by atoms with Crippen molar-refractivity contribution in [2.45, 2.75) is 13.5 Å². The van der Waals surface area contributed by atoms with Gasteiger partial charge in [0.25, 0.3) is 5.69 Å². The number of sulfonamides is 1. The molecule has 2 aromatic carbocycles. The maximum Gasteiger partial charge on any atom is 0.271 e. The van der Waals surface area contributed by atoms with E-state index in [9.17, 15) is 23.3 Å². The van der Waals surface area contributed by atoms with Crippen LogP contribution in [0.3, 0.4) is 0 Å². The van der Waals surface area contributed by atoms with Gasteiger partial charge in [0.15, 0.2) is 0 Å². The van der Waals surface area contributed by atoms with Crippen LogP contribution in [-0.4, -0.2) is 45.2 Å². The number of carbonyl (C=O) groups is 1. The van der Waals surface area contributed by atoms with Gasteiger partial charge in [0, 0.05) is 18.7 Å². The van der Waals surface area contributed by atoms with Gasteiger partial charge in [-0.3, -0.25) is 19.2 Å². The topological polar surface area (TPSA) is 119 Å². The molecule has 156 valence electrons. The van der Waals surface area contributed by atoms with Crippen LogP contribution >= 0.6 is 0 Å². The Morgan fingerprint density at radius 1 is 1.21 bits per heavy atom. The first-order valence-electron chi connectivity index (χ1n) is 8.79. The Labute approximate surface area is 169 Å². The number of aryl methyl sites for hydroxylation is 1. The maximum absolute atomic E-state index is 12.2. The van der Waals surface area contributed by atoms with Crippen LogP contribution in [0.5, 0.6) is 0 Å². The molecule has 2 aromatic rings. The number of carbonyl (C=O) groups excluding carboxylic acids is 1. The predicted octanol–water partition coefficient (Wildman–Crippen LogP) is 2.00. The summed E-state index contributed by atoms with van der Waals surface area (Å²) in [4.78, 5) is 22.6. The largest absolute Gasteiger partial charge is 0.375 e. The molecule has 0 bridgehead atoms. The lowest BCUT2D eigenvalue weighted by Crippen LogP contribution is -2.41. The number of rotatable bonds is 10. The molecule has 0 radical (unpaired) electrons. The molecule has 0 spiro atoms. The van der Waals surface area contributed by atoms with Gasteiger partial charge in [0.2, 0.25) is 15.9 Å². The third-order valence-electron chi connectivity index (χ3n) is 4.04. The van der Waals surface area contributed by atoms with Crippen molar-refractivity contribution in [2.75, 3.05) is 30.3 Å². The smallest absolute Gasteiger partial charge is 0.271 e. The quantitative estimate of drug-likeness (QED) is 0.356. The minimum atomic E-state index is -3.83. The Morgan fingerprint density at radius 3 is 2.52 bits per heavy atom. The standard InChI is InChI=1S/C19H23N3O6S/c1-15-8-9-17(22(24)25)12-18(15)21(29(2,26)27)13-19(23)20-10-11-28-14-16-6-4-3-5-7-16/h3-9,12H,10-11,13-14H2,1-2H3,(H,20,23). The van der Waals surface area contributed by atoms with Crippen LogP contribution in [0.15, 0.2) is 48.5 Å². The Kier molecular flexibility index (Phi) is 7.68. The summed E-state index contributed by atoms with van der Waals surface area (Å²) in [6.07, 6.45) is 0.946. The average Bonchev–Trinajstić information content (AvgIpc) is 2.66. The first-order valence-corrected chi connectivity index (χ1v) is 10.6. The number of nitrogens with zero attached hydrogens (tertiary/aromatic N) is 2. The number of nitro groups is 1. The van der Waals surface area contributed by atoms with Gasteiger partial charge in [-0.25, -0.2) is 8.42 Å². The Bertz CT molecular complexity index is 963. The van der Waals surface area contributed by atoms with E-state index in [1.165, 1.54) is 12.1 Å². The van der Waals surface area contributed by atoms with E-state index in [4.69, 9.17) is 4.74 Å². The van der Waals surface area contributed by atoms with Crippen LogP contribution in [0.2, 0.25) is 0 Å². The van der Waals surface area contributed by atoms with Gasteiger partial charge in [-0.1, -0.05) is 36.4 Å². The monoisotopic (exact) mass is 421 g/mol. The molecule has 0 aromatic heterocycles. The molecule has 0 unspecified atom stereocenters. The molecule has 0 aliphatic rings. The third kappa shape index (κ3) is 6.84. The molecule has 29 heavy (non-hydrogen) atoms. The number of non-ortho nitro benzene ring substituents is 1. The molecular formula is C19H23N3O6S. The van der Waals surface area contributed by atoms with Crippen molar-refractivity contribution >= 4 is 27.3 Å². The molecule has 0 fully saturated rings. The number of anilines is 1. The van der Waals surface area contributed by atoms with Crippen LogP contribution in [0.25, 0.3) is 0 Å². The van der Waals surface area contributed by atoms with Crippen LogP contribution in [0.1, 0.15) is 11.1 Å². The molecule has 0 saturated heterocycles. The van der Waals surface area contributed by atoms with E-state index in [2.05, 4.69) is 5.32 Å². The summed E-state index contributed by atoms with van der Waals surface area (Å²) in [7, 11) is -3.83. The Hall–Kier alpha value is -2.98. The highest BCUT2D eigenvalue weighted by atomic mass is 32.2. The summed E-state index contributed by atoms with van der Waals surface area (Å²) >= 11 is 0. The normalized spacial score (nSPS) is 11.1. The van der Waals surface area contributed by atoms with Gasteiger partial charge in [-0.2, -0.15) is 0 Å². The number of benzene rings is 2. The Morgan fingerprint density at radius 2 is 1.90 bits per heavy atom. The summed E-state index contributed by atoms with van der Waals surface area (Å²) in [5.41, 5.74) is 1.34. The van der Waals surface area contributed by atoms with Gasteiger partial charge in [-0.15, -0.1) is 0 Å². The lowest BCUT2D eigenvalue weighted by molar-refractivity contribution is -0.384. The first-order chi connectivity index (χ1) is 13.7. The van der Waals surface area contributed by atoms with E-state index in [0.717, 1.165) is 22.2 Å². The molecule has 10 heteroatoms. The molecule has 1 N–H and O–H groups in total. The van der Waals surface area contributed by atoms with Crippen molar-refractivity contribution < 1.29 is 22.9 Å². The van der Waals surface area contributed by atoms with Gasteiger partial charge in [0.05, 0.1) is 30.1 Å². The lowest BCUT2D eigenvalue weighted by atomic mass is 10.2. The fraction of sp³-hybridized carbons (Fsp3) is 0.316. The number of hydrogen-bond acceptors (Lipinski definition) is 6. The molecule has 0 atom stereocenters. The van der Waals surface area contributed by atoms with Crippen LogP contribution < -0.4 is 9.62 Å². The fourth-order valence-electron chi connectivity index (χ4n) is 2.57. The van der Waals surface area contributed by atoms with E-state index < -0.39 is 27.4 Å². The van der Waals surface area contributed by atoms with E-state index in [1.807, 2.05) is 30.3 Å². The van der Waals surface area contributed by atoms with E-state index in [-0.39, 0.29) is 24.5 Å². The zero-order valence-corrected chi connectivity index (χ0v) is 17.0. The summed E-state index contributed by atoms with van der Waals surface area (Å²) < 4.78 is 30.7. The summed E-state index contributed by atoms with van der Waals surface area (Å²) in [6.45, 7) is 2.00. The molecular weight excluding hydrogens is 398 g/mol. The maximum atomic E-state index is 12.2. The second kappa shape index (κ2) is 9.99. The third-order valence-corrected chi connectivity index (χ3v) is 5.17. The number of nitro benzene ring substituents is 1. The number of hydrogen-bond donors (Lipinski definition) is 1. The van der Waals surface area contributed by atoms with E-state index in [0.29, 0.717) is 12.2 Å². The van der Waals surface area contributed by atoms with Crippen molar-refractivity contribution in [2.24, 2.45) is 0 Å². The van der Waals surface area contributed by atoms with Crippen molar-refractivity contribution in [1.82, 2.24) is 5.32 Å². The molecule has 0 saturated carbocycles. The molecule has 0 aliphatic carbocycles. The molecule has 9 nitrogen and oxygen atoms in total. The second-order valence-corrected chi connectivity index (χ2v) is 8.29. The molecule has 0 aliphatic heterocycles. The van der Waals surface area contributed by atoms with E-state index >= 15 is 0 Å². The van der Waals surface area contributed by atoms with Gasteiger partial charge < -0.3 is 10.1 Å². The number of ether oxygens (including phenoxy) is 1. The molecule has 0 heterocycles. The van der Waals surface area contributed by atoms with E-state index in [1.54, 1.807) is 6.92 Å². The lowest BCUT2D eigenvalue weighted by Gasteiger charge is -2.23. The van der Waals surface area contributed by atoms with Crippen LogP contribution in [-0.2, 0) is 26.2 Å². The highest BCUT2D eigenvalue weighted by molar-refractivity contribution is 7.92. The van der Waals surface area contributed by atoms with Crippen LogP contribution in [0, 0.1) is 17.0 Å². The van der Waals surface area contributed by atoms with Crippen molar-refractivity contribution in [1.29, 1.82) is 0 Å². The number of amides is 1. The summed E-state index contributed by atoms with van der Waals surface area (Å²) in [5, 5.41) is 13.6. The molecule has 2 rings (SSSR count). The number of nitrogens with one attached hydrogen (secondary N) is 1. The summed E-state index contributed by atoms with van der Waals surface area (Å²) in [6, 6.07) is 13.4. The fourth-order valence-corrected chi connectivity index (χ4v) is 3.48. The van der Waals surface area contributed by atoms with Gasteiger partial charge in [-0.05, 0) is 18.1 Å². The van der Waals surface area contributed by atoms with Crippen molar-refractivity contribution in [3.63, 3.8) is 0 Å². The zero-order chi connectivity index (χ0) is 21.4. The zero-order valence-electron chi connectivity index (χ0n) is 16.2. The minimum absolute atomic E-state index is 0.0946. The SMILES string of the molecule is Cc1ccc([N+](=O)[O-])cc1N(CC(=O)NCCOCc1ccccc1)S(C)(=O)=O. The first kappa shape index (κ1) is 22.3. The molecule has 1 amide bonds. The van der Waals surface area contributed by atoms with Gasteiger partial charge >= 0.3 is 0 Å². The average molecular weight is 421 g/mol. The predicted molar refractivity (Wildman–Crippen MR) is 109 cm³/mol. The Balaban J connectivity index is 1.96. The highest BCUT2D eigenvalue weighted by Gasteiger charge is 2.24. The highest BCUT2D eigenvalue weighted by Crippen LogP contribution is 2.27. The minimum Gasteiger partial charge on any atom is -0.375 e.